The molecule has 1 aromatic carbocycles. The zero-order chi connectivity index (χ0) is 14.5. The molecule has 1 saturated heterocycles. The lowest BCUT2D eigenvalue weighted by atomic mass is 10.1. The Balaban J connectivity index is 2.03. The summed E-state index contributed by atoms with van der Waals surface area (Å²) >= 11 is 0. The smallest absolute Gasteiger partial charge is 0.240 e. The highest BCUT2D eigenvalue weighted by molar-refractivity contribution is 5.73. The van der Waals surface area contributed by atoms with Crippen LogP contribution < -0.4 is 0 Å². The summed E-state index contributed by atoms with van der Waals surface area (Å²) in [7, 11) is 0. The molecule has 0 bridgehead atoms. The number of carbonyl (C=O) groups excluding carboxylic acids is 2. The third kappa shape index (κ3) is 3.29. The van der Waals surface area contributed by atoms with E-state index in [0.29, 0.717) is 38.3 Å². The summed E-state index contributed by atoms with van der Waals surface area (Å²) in [5, 5.41) is 0. The molecular formula is C14H16FN3O2. The van der Waals surface area contributed by atoms with Crippen LogP contribution in [0.25, 0.3) is 0 Å². The lowest BCUT2D eigenvalue weighted by Crippen LogP contribution is -2.47. The molecule has 106 valence electrons. The van der Waals surface area contributed by atoms with E-state index in [0.717, 1.165) is 0 Å². The highest BCUT2D eigenvalue weighted by Crippen LogP contribution is 2.22. The molecule has 2 rings (SSSR count). The number of isocyanates is 1. The van der Waals surface area contributed by atoms with E-state index < -0.39 is 5.82 Å². The van der Waals surface area contributed by atoms with Crippen molar-refractivity contribution in [3.63, 3.8) is 0 Å². The molecule has 1 aromatic rings. The van der Waals surface area contributed by atoms with Gasteiger partial charge in [-0.05, 0) is 6.07 Å². The van der Waals surface area contributed by atoms with Crippen molar-refractivity contribution < 1.29 is 14.0 Å². The Kier molecular flexibility index (Phi) is 4.61. The summed E-state index contributed by atoms with van der Waals surface area (Å²) in [6.07, 6.45) is 1.35. The van der Waals surface area contributed by atoms with Crippen molar-refractivity contribution >= 4 is 17.7 Å². The van der Waals surface area contributed by atoms with Gasteiger partial charge in [0, 0.05) is 45.2 Å². The maximum Gasteiger partial charge on any atom is 0.240 e. The van der Waals surface area contributed by atoms with Gasteiger partial charge in [0.2, 0.25) is 12.0 Å². The van der Waals surface area contributed by atoms with Crippen molar-refractivity contribution in [2.45, 2.75) is 13.5 Å². The van der Waals surface area contributed by atoms with Crippen LogP contribution in [0.4, 0.5) is 10.1 Å². The maximum absolute atomic E-state index is 14.1. The van der Waals surface area contributed by atoms with E-state index in [1.54, 1.807) is 24.0 Å². The van der Waals surface area contributed by atoms with Gasteiger partial charge in [0.25, 0.3) is 0 Å². The molecule has 20 heavy (non-hydrogen) atoms. The molecule has 0 aromatic heterocycles. The van der Waals surface area contributed by atoms with Crippen molar-refractivity contribution in [1.29, 1.82) is 0 Å². The number of carbonyl (C=O) groups is 1. The maximum atomic E-state index is 14.1. The van der Waals surface area contributed by atoms with Gasteiger partial charge in [-0.1, -0.05) is 12.1 Å². The first-order valence-electron chi connectivity index (χ1n) is 6.45. The fourth-order valence-electron chi connectivity index (χ4n) is 2.29. The SMILES string of the molecule is CC(=O)N1CCN(Cc2cccc(N=C=O)c2F)CC1. The average Bonchev–Trinajstić information content (AvgIpc) is 2.44. The van der Waals surface area contributed by atoms with Crippen LogP contribution in [0.3, 0.4) is 0 Å². The molecule has 6 heteroatoms. The highest BCUT2D eigenvalue weighted by atomic mass is 19.1. The molecule has 1 heterocycles. The molecule has 0 atom stereocenters. The lowest BCUT2D eigenvalue weighted by Gasteiger charge is -2.34. The van der Waals surface area contributed by atoms with Crippen molar-refractivity contribution in [2.75, 3.05) is 26.2 Å². The first-order valence-corrected chi connectivity index (χ1v) is 6.45. The third-order valence-electron chi connectivity index (χ3n) is 3.44. The lowest BCUT2D eigenvalue weighted by molar-refractivity contribution is -0.130. The zero-order valence-corrected chi connectivity index (χ0v) is 11.3. The summed E-state index contributed by atoms with van der Waals surface area (Å²) < 4.78 is 14.1. The molecule has 1 amide bonds. The van der Waals surface area contributed by atoms with Gasteiger partial charge in [0.05, 0.1) is 0 Å². The van der Waals surface area contributed by atoms with E-state index in [1.807, 2.05) is 0 Å². The van der Waals surface area contributed by atoms with Crippen LogP contribution in [0.15, 0.2) is 23.2 Å². The minimum atomic E-state index is -0.482. The number of nitrogens with zero attached hydrogens (tertiary/aromatic N) is 3. The predicted molar refractivity (Wildman–Crippen MR) is 71.7 cm³/mol. The number of hydrogen-bond donors (Lipinski definition) is 0. The molecule has 0 spiro atoms. The van der Waals surface area contributed by atoms with Gasteiger partial charge < -0.3 is 4.90 Å². The molecule has 5 nitrogen and oxygen atoms in total. The Labute approximate surface area is 116 Å². The minimum absolute atomic E-state index is 0.0138. The summed E-state index contributed by atoms with van der Waals surface area (Å²) in [6.45, 7) is 4.72. The van der Waals surface area contributed by atoms with Crippen LogP contribution >= 0.6 is 0 Å². The van der Waals surface area contributed by atoms with Crippen molar-refractivity contribution in [3.05, 3.63) is 29.6 Å². The molecule has 0 unspecified atom stereocenters. The van der Waals surface area contributed by atoms with Gasteiger partial charge in [0.1, 0.15) is 5.69 Å². The van der Waals surface area contributed by atoms with Crippen LogP contribution in [0.1, 0.15) is 12.5 Å². The summed E-state index contributed by atoms with van der Waals surface area (Å²) in [4.78, 5) is 28.7. The van der Waals surface area contributed by atoms with Crippen LogP contribution in [0.2, 0.25) is 0 Å². The molecule has 0 N–H and O–H groups in total. The van der Waals surface area contributed by atoms with Crippen LogP contribution in [0, 0.1) is 5.82 Å². The van der Waals surface area contributed by atoms with E-state index in [4.69, 9.17) is 0 Å². The molecule has 1 aliphatic rings. The number of halogens is 1. The van der Waals surface area contributed by atoms with Gasteiger partial charge >= 0.3 is 0 Å². The number of benzene rings is 1. The zero-order valence-electron chi connectivity index (χ0n) is 11.3. The van der Waals surface area contributed by atoms with Gasteiger partial charge in [0.15, 0.2) is 5.82 Å². The van der Waals surface area contributed by atoms with Gasteiger partial charge in [-0.3, -0.25) is 9.69 Å². The molecule has 1 fully saturated rings. The number of rotatable bonds is 3. The van der Waals surface area contributed by atoms with Gasteiger partial charge in [-0.2, -0.15) is 4.99 Å². The summed E-state index contributed by atoms with van der Waals surface area (Å²) in [5.41, 5.74) is 0.512. The molecule has 0 aliphatic carbocycles. The first-order chi connectivity index (χ1) is 9.61. The van der Waals surface area contributed by atoms with E-state index in [1.165, 1.54) is 12.1 Å². The van der Waals surface area contributed by atoms with E-state index in [2.05, 4.69) is 9.89 Å². The normalized spacial score (nSPS) is 15.8. The fourth-order valence-corrected chi connectivity index (χ4v) is 2.29. The standard InChI is InChI=1S/C14H16FN3O2/c1-11(20)18-7-5-17(6-8-18)9-12-3-2-4-13(14(12)15)16-10-19/h2-4H,5-9H2,1H3. The van der Waals surface area contributed by atoms with Crippen LogP contribution in [0.5, 0.6) is 0 Å². The second-order valence-corrected chi connectivity index (χ2v) is 4.74. The second kappa shape index (κ2) is 6.41. The third-order valence-corrected chi connectivity index (χ3v) is 3.44. The Bertz CT molecular complexity index is 547. The Morgan fingerprint density at radius 2 is 2.05 bits per heavy atom. The molecule has 1 aliphatic heterocycles. The van der Waals surface area contributed by atoms with Crippen LogP contribution in [-0.2, 0) is 16.1 Å². The van der Waals surface area contributed by atoms with E-state index in [-0.39, 0.29) is 11.6 Å². The number of amides is 1. The topological polar surface area (TPSA) is 53.0 Å². The summed E-state index contributed by atoms with van der Waals surface area (Å²) in [5.74, 6) is -0.414. The second-order valence-electron chi connectivity index (χ2n) is 4.74. The Morgan fingerprint density at radius 1 is 1.35 bits per heavy atom. The van der Waals surface area contributed by atoms with Crippen LogP contribution in [-0.4, -0.2) is 48.0 Å². The van der Waals surface area contributed by atoms with Gasteiger partial charge in [-0.25, -0.2) is 9.18 Å². The number of aliphatic imine (C=N–C) groups is 1. The predicted octanol–water partition coefficient (Wildman–Crippen LogP) is 1.46. The van der Waals surface area contributed by atoms with E-state index in [9.17, 15) is 14.0 Å². The molecule has 0 saturated carbocycles. The Morgan fingerprint density at radius 3 is 2.65 bits per heavy atom. The average molecular weight is 277 g/mol. The number of hydrogen-bond acceptors (Lipinski definition) is 4. The fraction of sp³-hybridized carbons (Fsp3) is 0.429. The van der Waals surface area contributed by atoms with Gasteiger partial charge in [-0.15, -0.1) is 0 Å². The van der Waals surface area contributed by atoms with Crippen molar-refractivity contribution in [2.24, 2.45) is 4.99 Å². The minimum Gasteiger partial charge on any atom is -0.340 e. The number of piperazine rings is 1. The largest absolute Gasteiger partial charge is 0.340 e. The first kappa shape index (κ1) is 14.4. The quantitative estimate of drug-likeness (QED) is 0.621. The monoisotopic (exact) mass is 277 g/mol. The summed E-state index contributed by atoms with van der Waals surface area (Å²) in [6, 6.07) is 4.79. The van der Waals surface area contributed by atoms with E-state index >= 15 is 0 Å². The molecular weight excluding hydrogens is 261 g/mol. The highest BCUT2D eigenvalue weighted by Gasteiger charge is 2.19. The Hall–Kier alpha value is -2.04. The van der Waals surface area contributed by atoms with Crippen molar-refractivity contribution in [3.8, 4) is 0 Å². The molecule has 0 radical (unpaired) electrons. The van der Waals surface area contributed by atoms with Crippen molar-refractivity contribution in [1.82, 2.24) is 9.80 Å².